The Hall–Kier alpha value is -3.01. The molecule has 1 aromatic carbocycles. The number of carbonyl (C=O) groups is 1. The Bertz CT molecular complexity index is 683. The average molecular weight is 292 g/mol. The number of benzene rings is 1. The number of aromatic nitrogens is 2. The zero-order chi connectivity index (χ0) is 15.4. The van der Waals surface area contributed by atoms with Crippen molar-refractivity contribution in [1.29, 1.82) is 0 Å². The number of hydrazine groups is 1. The molecule has 21 heavy (non-hydrogen) atoms. The maximum Gasteiger partial charge on any atom is 0.293 e. The van der Waals surface area contributed by atoms with E-state index in [0.29, 0.717) is 5.82 Å². The Labute approximate surface area is 118 Å². The van der Waals surface area contributed by atoms with Gasteiger partial charge in [0, 0.05) is 11.6 Å². The lowest BCUT2D eigenvalue weighted by atomic mass is 10.1. The Morgan fingerprint density at radius 1 is 1.52 bits per heavy atom. The molecular weight excluding hydrogens is 280 g/mol. The van der Waals surface area contributed by atoms with Crippen molar-refractivity contribution in [3.63, 3.8) is 0 Å². The highest BCUT2D eigenvalue weighted by Crippen LogP contribution is 2.24. The molecule has 1 aromatic heterocycles. The van der Waals surface area contributed by atoms with Gasteiger partial charge in [-0.2, -0.15) is 4.98 Å². The van der Waals surface area contributed by atoms with Crippen molar-refractivity contribution < 1.29 is 14.2 Å². The number of hydrogen-bond acceptors (Lipinski definition) is 8. The first-order chi connectivity index (χ1) is 10.0. The molecule has 0 aliphatic heterocycles. The van der Waals surface area contributed by atoms with Gasteiger partial charge in [0.1, 0.15) is 5.69 Å². The summed E-state index contributed by atoms with van der Waals surface area (Å²) in [6, 6.07) is 3.81. The lowest BCUT2D eigenvalue weighted by Gasteiger charge is -2.06. The number of amides is 1. The van der Waals surface area contributed by atoms with Crippen molar-refractivity contribution in [2.75, 3.05) is 5.43 Å². The van der Waals surface area contributed by atoms with Gasteiger partial charge < -0.3 is 15.3 Å². The van der Waals surface area contributed by atoms with Crippen LogP contribution in [0.5, 0.6) is 0 Å². The number of nitrogen functional groups attached to an aromatic ring is 1. The van der Waals surface area contributed by atoms with Crippen LogP contribution in [0.1, 0.15) is 22.1 Å². The fourth-order valence-electron chi connectivity index (χ4n) is 1.62. The molecule has 4 N–H and O–H groups in total. The van der Waals surface area contributed by atoms with Gasteiger partial charge in [-0.3, -0.25) is 20.8 Å². The van der Waals surface area contributed by atoms with Crippen molar-refractivity contribution in [3.05, 3.63) is 45.6 Å². The molecule has 0 radical (unpaired) electrons. The molecule has 0 fully saturated rings. The van der Waals surface area contributed by atoms with Crippen LogP contribution < -0.4 is 16.6 Å². The molecule has 1 heterocycles. The number of anilines is 1. The monoisotopic (exact) mass is 292 g/mol. The molecule has 1 amide bonds. The van der Waals surface area contributed by atoms with Crippen LogP contribution in [0, 0.1) is 17.0 Å². The minimum absolute atomic E-state index is 0.0429. The van der Waals surface area contributed by atoms with Crippen molar-refractivity contribution in [1.82, 2.24) is 15.5 Å². The minimum atomic E-state index is -0.599. The summed E-state index contributed by atoms with van der Waals surface area (Å²) >= 11 is 0. The average Bonchev–Trinajstić information content (AvgIpc) is 2.89. The van der Waals surface area contributed by atoms with Gasteiger partial charge in [-0.25, -0.2) is 0 Å². The molecule has 10 heteroatoms. The highest BCUT2D eigenvalue weighted by Gasteiger charge is 2.16. The van der Waals surface area contributed by atoms with Crippen LogP contribution in [0.3, 0.4) is 0 Å². The second kappa shape index (κ2) is 5.96. The Balaban J connectivity index is 2.10. The number of nitrogens with zero attached hydrogens (tertiary/aromatic N) is 3. The maximum absolute atomic E-state index is 11.9. The number of nitro benzene ring substituents is 1. The fourth-order valence-corrected chi connectivity index (χ4v) is 1.62. The summed E-state index contributed by atoms with van der Waals surface area (Å²) in [6.45, 7) is 1.71. The van der Waals surface area contributed by atoms with Crippen LogP contribution in [0.2, 0.25) is 0 Å². The predicted octanol–water partition coefficient (Wildman–Crippen LogP) is 0.502. The number of carbonyl (C=O) groups excluding carboxylic acids is 1. The van der Waals surface area contributed by atoms with E-state index in [1.807, 2.05) is 0 Å². The molecule has 110 valence electrons. The van der Waals surface area contributed by atoms with Gasteiger partial charge in [0.25, 0.3) is 11.6 Å². The molecular formula is C11H12N6O4. The summed E-state index contributed by atoms with van der Waals surface area (Å²) in [6.07, 6.45) is 0. The maximum atomic E-state index is 11.9. The lowest BCUT2D eigenvalue weighted by Crippen LogP contribution is -2.23. The van der Waals surface area contributed by atoms with E-state index in [4.69, 9.17) is 10.4 Å². The van der Waals surface area contributed by atoms with E-state index in [-0.39, 0.29) is 29.4 Å². The highest BCUT2D eigenvalue weighted by molar-refractivity contribution is 5.95. The molecule has 10 nitrogen and oxygen atoms in total. The standard InChI is InChI=1S/C11H12N6O4/c1-6-14-10(21-16-6)5-13-11(18)7-2-3-9(17(19)20)8(4-7)15-12/h2-4,15H,5,12H2,1H3,(H,13,18). The SMILES string of the molecule is Cc1noc(CNC(=O)c2ccc([N+](=O)[O-])c(NN)c2)n1. The van der Waals surface area contributed by atoms with Crippen molar-refractivity contribution in [3.8, 4) is 0 Å². The minimum Gasteiger partial charge on any atom is -0.343 e. The lowest BCUT2D eigenvalue weighted by molar-refractivity contribution is -0.384. The summed E-state index contributed by atoms with van der Waals surface area (Å²) in [4.78, 5) is 26.0. The number of rotatable bonds is 5. The summed E-state index contributed by atoms with van der Waals surface area (Å²) in [5, 5.41) is 16.9. The number of aryl methyl sites for hydroxylation is 1. The molecule has 0 bridgehead atoms. The fraction of sp³-hybridized carbons (Fsp3) is 0.182. The summed E-state index contributed by atoms with van der Waals surface area (Å²) < 4.78 is 4.85. The third-order valence-electron chi connectivity index (χ3n) is 2.58. The molecule has 0 spiro atoms. The smallest absolute Gasteiger partial charge is 0.293 e. The number of hydrogen-bond donors (Lipinski definition) is 3. The van der Waals surface area contributed by atoms with Crippen LogP contribution in [-0.4, -0.2) is 21.0 Å². The van der Waals surface area contributed by atoms with E-state index >= 15 is 0 Å². The van der Waals surface area contributed by atoms with Crippen molar-refractivity contribution >= 4 is 17.3 Å². The van der Waals surface area contributed by atoms with Crippen LogP contribution in [-0.2, 0) is 6.54 Å². The molecule has 0 atom stereocenters. The van der Waals surface area contributed by atoms with Gasteiger partial charge in [0.2, 0.25) is 5.89 Å². The molecule has 0 saturated carbocycles. The first-order valence-electron chi connectivity index (χ1n) is 5.83. The topological polar surface area (TPSA) is 149 Å². The second-order valence-electron chi connectivity index (χ2n) is 4.05. The number of nitrogens with one attached hydrogen (secondary N) is 2. The van der Waals surface area contributed by atoms with Gasteiger partial charge in [0.15, 0.2) is 5.82 Å². The highest BCUT2D eigenvalue weighted by atomic mass is 16.6. The van der Waals surface area contributed by atoms with E-state index in [1.54, 1.807) is 6.92 Å². The van der Waals surface area contributed by atoms with E-state index in [2.05, 4.69) is 20.9 Å². The quantitative estimate of drug-likeness (QED) is 0.409. The summed E-state index contributed by atoms with van der Waals surface area (Å²) in [5.74, 6) is 5.48. The van der Waals surface area contributed by atoms with E-state index in [9.17, 15) is 14.9 Å². The van der Waals surface area contributed by atoms with Crippen molar-refractivity contribution in [2.45, 2.75) is 13.5 Å². The van der Waals surface area contributed by atoms with E-state index in [0.717, 1.165) is 0 Å². The van der Waals surface area contributed by atoms with Gasteiger partial charge in [-0.1, -0.05) is 5.16 Å². The zero-order valence-corrected chi connectivity index (χ0v) is 11.0. The van der Waals surface area contributed by atoms with E-state index < -0.39 is 10.8 Å². The number of nitro groups is 1. The molecule has 0 unspecified atom stereocenters. The van der Waals surface area contributed by atoms with Crippen molar-refractivity contribution in [2.24, 2.45) is 5.84 Å². The van der Waals surface area contributed by atoms with Gasteiger partial charge in [-0.05, 0) is 19.1 Å². The van der Waals surface area contributed by atoms with E-state index in [1.165, 1.54) is 18.2 Å². The third-order valence-corrected chi connectivity index (χ3v) is 2.58. The molecule has 2 aromatic rings. The Morgan fingerprint density at radius 3 is 2.86 bits per heavy atom. The zero-order valence-electron chi connectivity index (χ0n) is 11.0. The number of nitrogens with two attached hydrogens (primary N) is 1. The molecule has 0 aliphatic rings. The predicted molar refractivity (Wildman–Crippen MR) is 71.1 cm³/mol. The van der Waals surface area contributed by atoms with Gasteiger partial charge in [0.05, 0.1) is 11.5 Å². The first kappa shape index (κ1) is 14.4. The molecule has 0 aliphatic carbocycles. The van der Waals surface area contributed by atoms with Crippen LogP contribution in [0.15, 0.2) is 22.7 Å². The van der Waals surface area contributed by atoms with Gasteiger partial charge in [-0.15, -0.1) is 0 Å². The van der Waals surface area contributed by atoms with Gasteiger partial charge >= 0.3 is 0 Å². The first-order valence-corrected chi connectivity index (χ1v) is 5.83. The molecule has 0 saturated heterocycles. The normalized spacial score (nSPS) is 10.2. The van der Waals surface area contributed by atoms with Crippen LogP contribution in [0.25, 0.3) is 0 Å². The second-order valence-corrected chi connectivity index (χ2v) is 4.05. The third kappa shape index (κ3) is 3.30. The molecule has 2 rings (SSSR count). The summed E-state index contributed by atoms with van der Waals surface area (Å²) in [5.41, 5.74) is 2.22. The Morgan fingerprint density at radius 2 is 2.29 bits per heavy atom. The Kier molecular flexibility index (Phi) is 4.09. The largest absolute Gasteiger partial charge is 0.343 e. The van der Waals surface area contributed by atoms with Crippen LogP contribution >= 0.6 is 0 Å². The summed E-state index contributed by atoms with van der Waals surface area (Å²) in [7, 11) is 0. The van der Waals surface area contributed by atoms with Crippen LogP contribution in [0.4, 0.5) is 11.4 Å².